The average molecular weight is 580 g/mol. The van der Waals surface area contributed by atoms with E-state index in [4.69, 9.17) is 19.2 Å². The van der Waals surface area contributed by atoms with Crippen molar-refractivity contribution in [3.8, 4) is 5.75 Å². The monoisotopic (exact) mass is 579 g/mol. The number of hydrogen-bond donors (Lipinski definition) is 1. The van der Waals surface area contributed by atoms with Crippen LogP contribution in [-0.2, 0) is 24.1 Å². The number of ether oxygens (including phenoxy) is 2. The largest absolute Gasteiger partial charge is 0.497 e. The van der Waals surface area contributed by atoms with Crippen LogP contribution in [-0.4, -0.2) is 68.9 Å². The Morgan fingerprint density at radius 3 is 2.60 bits per heavy atom. The van der Waals surface area contributed by atoms with Crippen LogP contribution in [0.2, 0.25) is 0 Å². The van der Waals surface area contributed by atoms with Crippen molar-refractivity contribution in [1.29, 1.82) is 0 Å². The van der Waals surface area contributed by atoms with Gasteiger partial charge in [0.05, 0.1) is 31.0 Å². The van der Waals surface area contributed by atoms with Crippen molar-refractivity contribution in [3.05, 3.63) is 52.8 Å². The molecule has 1 aromatic heterocycles. The summed E-state index contributed by atoms with van der Waals surface area (Å²) in [7, 11) is 1.61. The van der Waals surface area contributed by atoms with Crippen molar-refractivity contribution in [2.24, 2.45) is 0 Å². The number of amides is 2. The molecule has 226 valence electrons. The number of benzene rings is 1. The lowest BCUT2D eigenvalue weighted by atomic mass is 9.79. The van der Waals surface area contributed by atoms with Gasteiger partial charge < -0.3 is 24.0 Å². The van der Waals surface area contributed by atoms with Crippen LogP contribution >= 0.6 is 0 Å². The van der Waals surface area contributed by atoms with Gasteiger partial charge in [0.15, 0.2) is 6.23 Å². The fourth-order valence-electron chi connectivity index (χ4n) is 7.02. The Bertz CT molecular complexity index is 1500. The fraction of sp³-hybridized carbons (Fsp3) is 0.562. The first-order chi connectivity index (χ1) is 19.9. The zero-order valence-corrected chi connectivity index (χ0v) is 25.5. The molecular formula is C32H41N3O7. The maximum Gasteiger partial charge on any atom is 0.279 e. The number of hydrogen-bond acceptors (Lipinski definition) is 7. The van der Waals surface area contributed by atoms with Crippen molar-refractivity contribution in [2.75, 3.05) is 20.3 Å². The number of aromatic nitrogens is 1. The number of fused-ring (bicyclic) bond motifs is 6. The molecule has 2 amide bonds. The Labute approximate surface area is 246 Å². The highest BCUT2D eigenvalue weighted by molar-refractivity contribution is 6.02. The first-order valence-electron chi connectivity index (χ1n) is 14.7. The smallest absolute Gasteiger partial charge is 0.279 e. The molecular weight excluding hydrogens is 538 g/mol. The Balaban J connectivity index is 1.72. The number of allylic oxidation sites excluding steroid dienone is 2. The molecule has 10 nitrogen and oxygen atoms in total. The highest BCUT2D eigenvalue weighted by Gasteiger charge is 2.67. The molecule has 4 aliphatic rings. The molecule has 2 fully saturated rings. The van der Waals surface area contributed by atoms with Crippen LogP contribution in [0.5, 0.6) is 5.75 Å². The SMILES string of the molecule is COc1ccc2c3c4n(c2c1)C(C=C(C)C)OOC(C)(C)CC4N1C(=O)[C@@H]2CCCN2C(=O)[C@]1(O)[C@H]3OCC=C(C)C. The maximum absolute atomic E-state index is 14.4. The summed E-state index contributed by atoms with van der Waals surface area (Å²) in [6.45, 7) is 12.3. The Morgan fingerprint density at radius 2 is 1.90 bits per heavy atom. The van der Waals surface area contributed by atoms with E-state index in [2.05, 4.69) is 0 Å². The van der Waals surface area contributed by atoms with Gasteiger partial charge in [0.2, 0.25) is 5.91 Å². The van der Waals surface area contributed by atoms with Crippen LogP contribution in [0, 0.1) is 0 Å². The summed E-state index contributed by atoms with van der Waals surface area (Å²) in [5.74, 6) is -0.133. The van der Waals surface area contributed by atoms with Crippen LogP contribution in [0.25, 0.3) is 10.9 Å². The topological polar surface area (TPSA) is 103 Å². The third-order valence-electron chi connectivity index (χ3n) is 8.81. The average Bonchev–Trinajstić information content (AvgIpc) is 3.54. The number of aliphatic hydroxyl groups is 1. The van der Waals surface area contributed by atoms with Crippen LogP contribution in [0.4, 0.5) is 0 Å². The quantitative estimate of drug-likeness (QED) is 0.399. The second-order valence-corrected chi connectivity index (χ2v) is 12.9. The molecule has 4 aliphatic heterocycles. The summed E-state index contributed by atoms with van der Waals surface area (Å²) < 4.78 is 14.1. The Hall–Kier alpha value is -3.18. The maximum atomic E-state index is 14.4. The predicted octanol–water partition coefficient (Wildman–Crippen LogP) is 4.85. The number of nitrogens with zero attached hydrogens (tertiary/aromatic N) is 3. The van der Waals surface area contributed by atoms with Crippen LogP contribution < -0.4 is 4.74 Å². The van der Waals surface area contributed by atoms with Gasteiger partial charge >= 0.3 is 0 Å². The van der Waals surface area contributed by atoms with Crippen molar-refractivity contribution in [2.45, 2.75) is 96.5 Å². The number of carbonyl (C=O) groups excluding carboxylic acids is 2. The first kappa shape index (κ1) is 28.9. The van der Waals surface area contributed by atoms with Gasteiger partial charge in [0.1, 0.15) is 23.5 Å². The Morgan fingerprint density at radius 1 is 1.14 bits per heavy atom. The molecule has 0 bridgehead atoms. The van der Waals surface area contributed by atoms with E-state index < -0.39 is 41.6 Å². The summed E-state index contributed by atoms with van der Waals surface area (Å²) in [5.41, 5.74) is 1.13. The molecule has 10 heteroatoms. The first-order valence-corrected chi connectivity index (χ1v) is 14.7. The molecule has 0 spiro atoms. The third kappa shape index (κ3) is 4.30. The summed E-state index contributed by atoms with van der Waals surface area (Å²) in [4.78, 5) is 43.9. The molecule has 6 rings (SSSR count). The molecule has 5 heterocycles. The van der Waals surface area contributed by atoms with Gasteiger partial charge in [-0.05, 0) is 72.6 Å². The highest BCUT2D eigenvalue weighted by Crippen LogP contribution is 2.56. The minimum atomic E-state index is -2.24. The zero-order valence-electron chi connectivity index (χ0n) is 25.5. The minimum absolute atomic E-state index is 0.156. The van der Waals surface area contributed by atoms with Gasteiger partial charge in [-0.15, -0.1) is 0 Å². The number of carbonyl (C=O) groups is 2. The van der Waals surface area contributed by atoms with E-state index in [-0.39, 0.29) is 18.9 Å². The van der Waals surface area contributed by atoms with Gasteiger partial charge in [0, 0.05) is 30.0 Å². The number of piperazine rings is 1. The molecule has 2 aromatic rings. The predicted molar refractivity (Wildman–Crippen MR) is 155 cm³/mol. The fourth-order valence-corrected chi connectivity index (χ4v) is 7.02. The van der Waals surface area contributed by atoms with E-state index in [1.54, 1.807) is 12.0 Å². The molecule has 2 unspecified atom stereocenters. The van der Waals surface area contributed by atoms with Crippen molar-refractivity contribution in [1.82, 2.24) is 14.4 Å². The molecule has 0 saturated carbocycles. The van der Waals surface area contributed by atoms with Gasteiger partial charge in [-0.25, -0.2) is 9.78 Å². The van der Waals surface area contributed by atoms with Crippen LogP contribution in [0.3, 0.4) is 0 Å². The Kier molecular flexibility index (Phi) is 7.04. The number of rotatable bonds is 5. The normalized spacial score (nSPS) is 29.8. The lowest BCUT2D eigenvalue weighted by Crippen LogP contribution is -2.74. The van der Waals surface area contributed by atoms with Crippen LogP contribution in [0.1, 0.15) is 90.4 Å². The molecule has 5 atom stereocenters. The van der Waals surface area contributed by atoms with Crippen molar-refractivity contribution >= 4 is 22.7 Å². The summed E-state index contributed by atoms with van der Waals surface area (Å²) in [6.07, 6.45) is 3.56. The lowest BCUT2D eigenvalue weighted by Gasteiger charge is -2.56. The van der Waals surface area contributed by atoms with Crippen molar-refractivity contribution in [3.63, 3.8) is 0 Å². The molecule has 0 aliphatic carbocycles. The zero-order chi connectivity index (χ0) is 30.1. The highest BCUT2D eigenvalue weighted by atomic mass is 17.2. The molecule has 42 heavy (non-hydrogen) atoms. The van der Waals surface area contributed by atoms with E-state index in [1.807, 2.05) is 76.5 Å². The van der Waals surface area contributed by atoms with Gasteiger partial charge in [-0.1, -0.05) is 17.2 Å². The molecule has 0 radical (unpaired) electrons. The lowest BCUT2D eigenvalue weighted by molar-refractivity contribution is -0.390. The van der Waals surface area contributed by atoms with Crippen LogP contribution in [0.15, 0.2) is 41.5 Å². The molecule has 1 N–H and O–H groups in total. The second-order valence-electron chi connectivity index (χ2n) is 12.9. The van der Waals surface area contributed by atoms with E-state index >= 15 is 0 Å². The summed E-state index contributed by atoms with van der Waals surface area (Å²) in [6, 6.07) is 4.37. The second kappa shape index (κ2) is 10.2. The standard InChI is InChI=1S/C32H41N3O7/c1-18(2)12-14-40-28-26-21-11-10-20(39-7)16-23(21)34-25(15-19(3)4)41-42-31(5,6)17-24(27(26)34)35-29(36)22-9-8-13-33(22)30(37)32(28,35)38/h10-12,15-16,22,24-25,28,38H,8-9,13-14,17H2,1-7H3/t22-,24?,25?,28-,32+/m0/s1. The van der Waals surface area contributed by atoms with E-state index in [1.165, 1.54) is 4.90 Å². The van der Waals surface area contributed by atoms with Gasteiger partial charge in [0.25, 0.3) is 11.6 Å². The van der Waals surface area contributed by atoms with E-state index in [0.717, 1.165) is 27.7 Å². The van der Waals surface area contributed by atoms with Gasteiger partial charge in [-0.2, -0.15) is 0 Å². The van der Waals surface area contributed by atoms with Crippen molar-refractivity contribution < 1.29 is 33.9 Å². The van der Waals surface area contributed by atoms with E-state index in [0.29, 0.717) is 30.7 Å². The summed E-state index contributed by atoms with van der Waals surface area (Å²) in [5, 5.41) is 13.5. The molecule has 1 aromatic carbocycles. The summed E-state index contributed by atoms with van der Waals surface area (Å²) >= 11 is 0. The number of methoxy groups -OCH3 is 1. The third-order valence-corrected chi connectivity index (χ3v) is 8.81. The van der Waals surface area contributed by atoms with Gasteiger partial charge in [-0.3, -0.25) is 14.5 Å². The van der Waals surface area contributed by atoms with E-state index in [9.17, 15) is 14.7 Å². The minimum Gasteiger partial charge on any atom is -0.497 e. The molecule has 2 saturated heterocycles.